The van der Waals surface area contributed by atoms with E-state index < -0.39 is 0 Å². The van der Waals surface area contributed by atoms with Gasteiger partial charge in [0.25, 0.3) is 0 Å². The van der Waals surface area contributed by atoms with Gasteiger partial charge in [-0.25, -0.2) is 4.79 Å². The summed E-state index contributed by atoms with van der Waals surface area (Å²) < 4.78 is 21.6. The van der Waals surface area contributed by atoms with E-state index in [0.717, 1.165) is 26.1 Å². The molecule has 1 atom stereocenters. The first-order valence-corrected chi connectivity index (χ1v) is 7.16. The number of hydrogen-bond donors (Lipinski definition) is 0. The summed E-state index contributed by atoms with van der Waals surface area (Å²) in [6.45, 7) is 12.0. The van der Waals surface area contributed by atoms with Crippen molar-refractivity contribution in [2.24, 2.45) is 5.41 Å². The van der Waals surface area contributed by atoms with Gasteiger partial charge in [0.05, 0.1) is 26.4 Å². The number of carbonyl (C=O) groups is 1. The molecule has 116 valence electrons. The minimum atomic E-state index is -0.390. The average Bonchev–Trinajstić information content (AvgIpc) is 2.39. The summed E-state index contributed by atoms with van der Waals surface area (Å²) in [5.74, 6) is -0.390. The van der Waals surface area contributed by atoms with Crippen molar-refractivity contribution in [1.82, 2.24) is 0 Å². The minimum absolute atomic E-state index is 0.156. The van der Waals surface area contributed by atoms with Gasteiger partial charge in [0.1, 0.15) is 6.61 Å². The van der Waals surface area contributed by atoms with Crippen molar-refractivity contribution in [1.29, 1.82) is 0 Å². The number of esters is 1. The van der Waals surface area contributed by atoms with Crippen molar-refractivity contribution in [2.75, 3.05) is 33.0 Å². The fourth-order valence-corrected chi connectivity index (χ4v) is 1.77. The normalized spacial score (nSPS) is 18.1. The standard InChI is InChI=1S/C15H26O5/c1-5-13(18-7-8-19-14(16)12(3)4)20-11-15(6-2)9-17-10-15/h13H,3,5-11H2,1-2,4H3. The van der Waals surface area contributed by atoms with Crippen LogP contribution in [0.4, 0.5) is 0 Å². The highest BCUT2D eigenvalue weighted by Crippen LogP contribution is 2.31. The Bertz CT molecular complexity index is 317. The van der Waals surface area contributed by atoms with Gasteiger partial charge in [0, 0.05) is 11.0 Å². The topological polar surface area (TPSA) is 54.0 Å². The lowest BCUT2D eigenvalue weighted by Crippen LogP contribution is -2.46. The van der Waals surface area contributed by atoms with Crippen molar-refractivity contribution in [3.63, 3.8) is 0 Å². The van der Waals surface area contributed by atoms with E-state index in [2.05, 4.69) is 13.5 Å². The molecule has 0 aromatic rings. The van der Waals surface area contributed by atoms with E-state index in [4.69, 9.17) is 18.9 Å². The second-order valence-corrected chi connectivity index (χ2v) is 5.28. The Morgan fingerprint density at radius 2 is 2.00 bits per heavy atom. The van der Waals surface area contributed by atoms with Crippen molar-refractivity contribution >= 4 is 5.97 Å². The second kappa shape index (κ2) is 8.39. The molecule has 0 aliphatic carbocycles. The Balaban J connectivity index is 2.16. The van der Waals surface area contributed by atoms with Crippen molar-refractivity contribution in [2.45, 2.75) is 39.9 Å². The predicted molar refractivity (Wildman–Crippen MR) is 75.3 cm³/mol. The first-order chi connectivity index (χ1) is 9.53. The third kappa shape index (κ3) is 5.23. The third-order valence-electron chi connectivity index (χ3n) is 3.44. The van der Waals surface area contributed by atoms with E-state index in [9.17, 15) is 4.79 Å². The number of hydrogen-bond acceptors (Lipinski definition) is 5. The molecule has 1 aliphatic heterocycles. The highest BCUT2D eigenvalue weighted by molar-refractivity contribution is 5.86. The Morgan fingerprint density at radius 1 is 1.30 bits per heavy atom. The molecule has 20 heavy (non-hydrogen) atoms. The van der Waals surface area contributed by atoms with Gasteiger partial charge < -0.3 is 18.9 Å². The Morgan fingerprint density at radius 3 is 2.45 bits per heavy atom. The molecule has 0 aromatic heterocycles. The van der Waals surface area contributed by atoms with Gasteiger partial charge in [0.15, 0.2) is 6.29 Å². The minimum Gasteiger partial charge on any atom is -0.460 e. The fraction of sp³-hybridized carbons (Fsp3) is 0.800. The smallest absolute Gasteiger partial charge is 0.333 e. The summed E-state index contributed by atoms with van der Waals surface area (Å²) >= 11 is 0. The van der Waals surface area contributed by atoms with Crippen LogP contribution < -0.4 is 0 Å². The lowest BCUT2D eigenvalue weighted by Gasteiger charge is -2.41. The molecule has 1 heterocycles. The van der Waals surface area contributed by atoms with E-state index in [0.29, 0.717) is 18.8 Å². The van der Waals surface area contributed by atoms with Crippen LogP contribution in [-0.2, 0) is 23.7 Å². The summed E-state index contributed by atoms with van der Waals surface area (Å²) in [4.78, 5) is 11.2. The molecule has 1 unspecified atom stereocenters. The van der Waals surface area contributed by atoms with Crippen LogP contribution in [0, 0.1) is 5.41 Å². The molecule has 0 aromatic carbocycles. The second-order valence-electron chi connectivity index (χ2n) is 5.28. The van der Waals surface area contributed by atoms with Gasteiger partial charge >= 0.3 is 5.97 Å². The zero-order chi connectivity index (χ0) is 15.0. The summed E-state index contributed by atoms with van der Waals surface area (Å²) in [5.41, 5.74) is 0.548. The van der Waals surface area contributed by atoms with Gasteiger partial charge in [-0.3, -0.25) is 0 Å². The monoisotopic (exact) mass is 286 g/mol. The molecule has 5 heteroatoms. The van der Waals surface area contributed by atoms with Gasteiger partial charge in [0.2, 0.25) is 0 Å². The maximum atomic E-state index is 11.2. The summed E-state index contributed by atoms with van der Waals surface area (Å²) in [6.07, 6.45) is 1.54. The first kappa shape index (κ1) is 17.1. The SMILES string of the molecule is C=C(C)C(=O)OCCOC(CC)OCC1(CC)COC1. The van der Waals surface area contributed by atoms with Crippen LogP contribution in [0.1, 0.15) is 33.6 Å². The largest absolute Gasteiger partial charge is 0.460 e. The molecule has 0 bridgehead atoms. The van der Waals surface area contributed by atoms with Crippen LogP contribution in [0.2, 0.25) is 0 Å². The van der Waals surface area contributed by atoms with Gasteiger partial charge in [-0.05, 0) is 19.8 Å². The molecule has 1 rings (SSSR count). The maximum absolute atomic E-state index is 11.2. The van der Waals surface area contributed by atoms with E-state index in [1.807, 2.05) is 6.92 Å². The molecule has 0 radical (unpaired) electrons. The first-order valence-electron chi connectivity index (χ1n) is 7.16. The number of rotatable bonds is 10. The zero-order valence-electron chi connectivity index (χ0n) is 12.8. The Hall–Kier alpha value is -0.910. The van der Waals surface area contributed by atoms with Gasteiger partial charge in [-0.1, -0.05) is 20.4 Å². The molecular weight excluding hydrogens is 260 g/mol. The number of ether oxygens (including phenoxy) is 4. The molecular formula is C15H26O5. The van der Waals surface area contributed by atoms with Crippen LogP contribution in [0.3, 0.4) is 0 Å². The molecule has 0 spiro atoms. The highest BCUT2D eigenvalue weighted by atomic mass is 16.7. The summed E-state index contributed by atoms with van der Waals surface area (Å²) in [7, 11) is 0. The summed E-state index contributed by atoms with van der Waals surface area (Å²) in [6, 6.07) is 0. The molecule has 5 nitrogen and oxygen atoms in total. The van der Waals surface area contributed by atoms with Crippen LogP contribution in [0.25, 0.3) is 0 Å². The summed E-state index contributed by atoms with van der Waals surface area (Å²) in [5, 5.41) is 0. The van der Waals surface area contributed by atoms with Crippen molar-refractivity contribution in [3.05, 3.63) is 12.2 Å². The average molecular weight is 286 g/mol. The quantitative estimate of drug-likeness (QED) is 0.267. The van der Waals surface area contributed by atoms with Gasteiger partial charge in [-0.2, -0.15) is 0 Å². The third-order valence-corrected chi connectivity index (χ3v) is 3.44. The Kier molecular flexibility index (Phi) is 7.19. The molecule has 1 fully saturated rings. The Labute approximate surface area is 121 Å². The van der Waals surface area contributed by atoms with E-state index >= 15 is 0 Å². The van der Waals surface area contributed by atoms with Gasteiger partial charge in [-0.15, -0.1) is 0 Å². The fourth-order valence-electron chi connectivity index (χ4n) is 1.77. The van der Waals surface area contributed by atoms with Crippen molar-refractivity contribution in [3.8, 4) is 0 Å². The molecule has 0 N–H and O–H groups in total. The molecule has 1 aliphatic rings. The lowest BCUT2D eigenvalue weighted by atomic mass is 9.84. The molecule has 0 amide bonds. The van der Waals surface area contributed by atoms with E-state index in [1.54, 1.807) is 6.92 Å². The highest BCUT2D eigenvalue weighted by Gasteiger charge is 2.37. The van der Waals surface area contributed by atoms with Crippen LogP contribution in [0.15, 0.2) is 12.2 Å². The van der Waals surface area contributed by atoms with Crippen LogP contribution in [0.5, 0.6) is 0 Å². The zero-order valence-corrected chi connectivity index (χ0v) is 12.8. The lowest BCUT2D eigenvalue weighted by molar-refractivity contribution is -0.211. The molecule has 1 saturated heterocycles. The molecule has 0 saturated carbocycles. The van der Waals surface area contributed by atoms with E-state index in [-0.39, 0.29) is 24.3 Å². The van der Waals surface area contributed by atoms with Crippen LogP contribution >= 0.6 is 0 Å². The number of carbonyl (C=O) groups excluding carboxylic acids is 1. The predicted octanol–water partition coefficient (Wildman–Crippen LogP) is 2.30. The van der Waals surface area contributed by atoms with Crippen LogP contribution in [-0.4, -0.2) is 45.3 Å². The van der Waals surface area contributed by atoms with Crippen molar-refractivity contribution < 1.29 is 23.7 Å². The van der Waals surface area contributed by atoms with E-state index in [1.165, 1.54) is 0 Å². The maximum Gasteiger partial charge on any atom is 0.333 e.